The number of nitrogens with two attached hydrogens (primary N) is 1. The molecule has 0 saturated heterocycles. The van der Waals surface area contributed by atoms with Gasteiger partial charge in [-0.15, -0.1) is 0 Å². The molecule has 0 bridgehead atoms. The summed E-state index contributed by atoms with van der Waals surface area (Å²) < 4.78 is 37.1. The van der Waals surface area contributed by atoms with Gasteiger partial charge in [-0.1, -0.05) is 26.0 Å². The molecule has 1 rings (SSSR count). The van der Waals surface area contributed by atoms with E-state index >= 15 is 0 Å². The van der Waals surface area contributed by atoms with E-state index in [1.807, 2.05) is 13.8 Å². The molecule has 0 heterocycles. The van der Waals surface area contributed by atoms with Crippen molar-refractivity contribution < 1.29 is 18.0 Å². The number of hydrogen-bond acceptors (Lipinski definition) is 2. The minimum atomic E-state index is -4.34. The van der Waals surface area contributed by atoms with E-state index in [9.17, 15) is 18.0 Å². The first-order valence-corrected chi connectivity index (χ1v) is 6.13. The van der Waals surface area contributed by atoms with E-state index in [1.54, 1.807) is 0 Å². The van der Waals surface area contributed by atoms with Crippen molar-refractivity contribution in [3.8, 4) is 0 Å². The first-order valence-electron chi connectivity index (χ1n) is 6.13. The maximum absolute atomic E-state index is 12.4. The van der Waals surface area contributed by atoms with Gasteiger partial charge in [-0.25, -0.2) is 0 Å². The predicted molar refractivity (Wildman–Crippen MR) is 67.6 cm³/mol. The molecule has 0 saturated carbocycles. The van der Waals surface area contributed by atoms with Gasteiger partial charge < -0.3 is 5.73 Å². The van der Waals surface area contributed by atoms with E-state index < -0.39 is 11.7 Å². The van der Waals surface area contributed by atoms with Crippen LogP contribution < -0.4 is 5.73 Å². The van der Waals surface area contributed by atoms with Crippen LogP contribution in [0.15, 0.2) is 24.3 Å². The third-order valence-electron chi connectivity index (χ3n) is 3.00. The lowest BCUT2D eigenvalue weighted by atomic mass is 9.96. The Morgan fingerprint density at radius 1 is 1.21 bits per heavy atom. The Balaban J connectivity index is 2.61. The number of ketones is 1. The fraction of sp³-hybridized carbons (Fsp3) is 0.500. The van der Waals surface area contributed by atoms with Crippen molar-refractivity contribution >= 4 is 5.78 Å². The Hall–Kier alpha value is -1.36. The summed E-state index contributed by atoms with van der Waals surface area (Å²) >= 11 is 0. The molecule has 2 nitrogen and oxygen atoms in total. The quantitative estimate of drug-likeness (QED) is 0.895. The molecular formula is C14H18F3NO. The number of carbonyl (C=O) groups is 1. The predicted octanol–water partition coefficient (Wildman–Crippen LogP) is 3.19. The van der Waals surface area contributed by atoms with Gasteiger partial charge in [0.25, 0.3) is 0 Å². The van der Waals surface area contributed by atoms with Crippen LogP contribution in [-0.2, 0) is 17.4 Å². The second kappa shape index (κ2) is 6.19. The number of hydrogen-bond donors (Lipinski definition) is 1. The van der Waals surface area contributed by atoms with E-state index in [2.05, 4.69) is 0 Å². The number of Topliss-reactive ketones (excluding diaryl/α,β-unsaturated/α-hetero) is 1. The van der Waals surface area contributed by atoms with Crippen molar-refractivity contribution in [1.29, 1.82) is 0 Å². The van der Waals surface area contributed by atoms with E-state index in [4.69, 9.17) is 5.73 Å². The molecule has 0 spiro atoms. The molecule has 1 aromatic rings. The highest BCUT2D eigenvalue weighted by Crippen LogP contribution is 2.29. The molecule has 0 aliphatic carbocycles. The zero-order valence-corrected chi connectivity index (χ0v) is 11.0. The van der Waals surface area contributed by atoms with Crippen LogP contribution >= 0.6 is 0 Å². The fourth-order valence-corrected chi connectivity index (χ4v) is 1.61. The van der Waals surface area contributed by atoms with Gasteiger partial charge in [0, 0.05) is 18.9 Å². The lowest BCUT2D eigenvalue weighted by Gasteiger charge is -2.14. The third kappa shape index (κ3) is 5.03. The molecule has 0 fully saturated rings. The highest BCUT2D eigenvalue weighted by atomic mass is 19.4. The average Bonchev–Trinajstić information content (AvgIpc) is 2.28. The molecule has 1 unspecified atom stereocenters. The Kier molecular flexibility index (Phi) is 5.11. The Morgan fingerprint density at radius 2 is 1.74 bits per heavy atom. The molecule has 1 aromatic carbocycles. The van der Waals surface area contributed by atoms with Crippen LogP contribution in [0, 0.1) is 5.92 Å². The van der Waals surface area contributed by atoms with Crippen LogP contribution in [0.4, 0.5) is 13.2 Å². The lowest BCUT2D eigenvalue weighted by Crippen LogP contribution is -2.29. The molecule has 2 N–H and O–H groups in total. The van der Waals surface area contributed by atoms with Crippen molar-refractivity contribution in [2.45, 2.75) is 38.9 Å². The normalized spacial score (nSPS) is 13.6. The number of alkyl halides is 3. The molecule has 106 valence electrons. The summed E-state index contributed by atoms with van der Waals surface area (Å²) in [6.45, 7) is 3.85. The molecule has 0 amide bonds. The van der Waals surface area contributed by atoms with E-state index in [1.165, 1.54) is 12.1 Å². The molecule has 0 aromatic heterocycles. The lowest BCUT2D eigenvalue weighted by molar-refractivity contribution is -0.137. The second-order valence-corrected chi connectivity index (χ2v) is 5.02. The zero-order valence-electron chi connectivity index (χ0n) is 11.0. The number of halogens is 3. The average molecular weight is 273 g/mol. The van der Waals surface area contributed by atoms with Gasteiger partial charge in [-0.3, -0.25) is 4.79 Å². The SMILES string of the molecule is CC(C)C(N)CC(=O)Cc1ccc(C(F)(F)F)cc1. The largest absolute Gasteiger partial charge is 0.416 e. The van der Waals surface area contributed by atoms with Crippen molar-refractivity contribution in [3.63, 3.8) is 0 Å². The molecular weight excluding hydrogens is 255 g/mol. The maximum Gasteiger partial charge on any atom is 0.416 e. The van der Waals surface area contributed by atoms with Gasteiger partial charge in [0.2, 0.25) is 0 Å². The number of carbonyl (C=O) groups excluding carboxylic acids is 1. The first-order chi connectivity index (χ1) is 8.70. The Bertz CT molecular complexity index is 423. The van der Waals surface area contributed by atoms with Gasteiger partial charge in [0.1, 0.15) is 5.78 Å². The minimum Gasteiger partial charge on any atom is -0.327 e. The summed E-state index contributed by atoms with van der Waals surface area (Å²) in [6, 6.07) is 4.45. The van der Waals surface area contributed by atoms with Crippen molar-refractivity contribution in [1.82, 2.24) is 0 Å². The summed E-state index contributed by atoms with van der Waals surface area (Å²) in [5, 5.41) is 0. The summed E-state index contributed by atoms with van der Waals surface area (Å²) in [4.78, 5) is 11.7. The fourth-order valence-electron chi connectivity index (χ4n) is 1.61. The van der Waals surface area contributed by atoms with Crippen LogP contribution in [0.1, 0.15) is 31.4 Å². The molecule has 1 atom stereocenters. The Morgan fingerprint density at radius 3 is 2.16 bits per heavy atom. The maximum atomic E-state index is 12.4. The van der Waals surface area contributed by atoms with Crippen LogP contribution in [0.25, 0.3) is 0 Å². The standard InChI is InChI=1S/C14H18F3NO/c1-9(2)13(18)8-12(19)7-10-3-5-11(6-4-10)14(15,16)17/h3-6,9,13H,7-8,18H2,1-2H3. The van der Waals surface area contributed by atoms with Crippen molar-refractivity contribution in [2.24, 2.45) is 11.7 Å². The second-order valence-electron chi connectivity index (χ2n) is 5.02. The summed E-state index contributed by atoms with van der Waals surface area (Å²) in [6.07, 6.45) is -3.97. The molecule has 5 heteroatoms. The topological polar surface area (TPSA) is 43.1 Å². The number of rotatable bonds is 5. The zero-order chi connectivity index (χ0) is 14.6. The van der Waals surface area contributed by atoms with Gasteiger partial charge in [0.15, 0.2) is 0 Å². The molecule has 19 heavy (non-hydrogen) atoms. The van der Waals surface area contributed by atoms with Gasteiger partial charge >= 0.3 is 6.18 Å². The highest BCUT2D eigenvalue weighted by Gasteiger charge is 2.29. The molecule has 0 aliphatic heterocycles. The van der Waals surface area contributed by atoms with Crippen LogP contribution in [0.3, 0.4) is 0 Å². The minimum absolute atomic E-state index is 0.0547. The smallest absolute Gasteiger partial charge is 0.327 e. The van der Waals surface area contributed by atoms with E-state index in [0.717, 1.165) is 12.1 Å². The summed E-state index contributed by atoms with van der Waals surface area (Å²) in [7, 11) is 0. The van der Waals surface area contributed by atoms with Crippen LogP contribution in [0.5, 0.6) is 0 Å². The van der Waals surface area contributed by atoms with Crippen molar-refractivity contribution in [2.75, 3.05) is 0 Å². The Labute approximate surface area is 110 Å². The van der Waals surface area contributed by atoms with Gasteiger partial charge in [-0.05, 0) is 23.6 Å². The van der Waals surface area contributed by atoms with Gasteiger partial charge in [0.05, 0.1) is 5.56 Å². The summed E-state index contributed by atoms with van der Waals surface area (Å²) in [5.41, 5.74) is 5.65. The molecule has 0 aliphatic rings. The molecule has 0 radical (unpaired) electrons. The first kappa shape index (κ1) is 15.7. The third-order valence-corrected chi connectivity index (χ3v) is 3.00. The van der Waals surface area contributed by atoms with Crippen LogP contribution in [0.2, 0.25) is 0 Å². The van der Waals surface area contributed by atoms with E-state index in [0.29, 0.717) is 5.56 Å². The monoisotopic (exact) mass is 273 g/mol. The van der Waals surface area contributed by atoms with E-state index in [-0.39, 0.29) is 30.6 Å². The van der Waals surface area contributed by atoms with Gasteiger partial charge in [-0.2, -0.15) is 13.2 Å². The number of benzene rings is 1. The van der Waals surface area contributed by atoms with Crippen molar-refractivity contribution in [3.05, 3.63) is 35.4 Å². The highest BCUT2D eigenvalue weighted by molar-refractivity contribution is 5.81. The van der Waals surface area contributed by atoms with Crippen LogP contribution in [-0.4, -0.2) is 11.8 Å². The summed E-state index contributed by atoms with van der Waals surface area (Å²) in [5.74, 6) is 0.150.